The number of hydrogen-bond acceptors (Lipinski definition) is 4. The van der Waals surface area contributed by atoms with Crippen LogP contribution in [0.15, 0.2) is 48.5 Å². The number of carbonyl (C=O) groups is 1. The average molecular weight is 365 g/mol. The Morgan fingerprint density at radius 2 is 2.00 bits per heavy atom. The zero-order valence-corrected chi connectivity index (χ0v) is 15.7. The van der Waals surface area contributed by atoms with Gasteiger partial charge >= 0.3 is 0 Å². The van der Waals surface area contributed by atoms with E-state index in [0.717, 1.165) is 22.4 Å². The lowest BCUT2D eigenvalue weighted by molar-refractivity contribution is -0.116. The van der Waals surface area contributed by atoms with Gasteiger partial charge in [-0.2, -0.15) is 0 Å². The Hall–Kier alpha value is -3.28. The summed E-state index contributed by atoms with van der Waals surface area (Å²) >= 11 is 0. The van der Waals surface area contributed by atoms with Crippen LogP contribution >= 0.6 is 0 Å². The number of rotatable bonds is 7. The first kappa shape index (κ1) is 18.5. The van der Waals surface area contributed by atoms with E-state index in [9.17, 15) is 4.79 Å². The van der Waals surface area contributed by atoms with Crippen LogP contribution in [0.25, 0.3) is 17.1 Å². The van der Waals surface area contributed by atoms with Crippen LogP contribution in [0.4, 0.5) is 0 Å². The smallest absolute Gasteiger partial charge is 0.244 e. The second kappa shape index (κ2) is 8.40. The van der Waals surface area contributed by atoms with Crippen molar-refractivity contribution in [1.29, 1.82) is 0 Å². The molecule has 2 aromatic carbocycles. The van der Waals surface area contributed by atoms with Gasteiger partial charge in [-0.3, -0.25) is 4.79 Å². The largest absolute Gasteiger partial charge is 0.497 e. The quantitative estimate of drug-likeness (QED) is 0.653. The first-order valence-corrected chi connectivity index (χ1v) is 8.72. The van der Waals surface area contributed by atoms with E-state index >= 15 is 0 Å². The second-order valence-corrected chi connectivity index (χ2v) is 6.03. The van der Waals surface area contributed by atoms with Crippen LogP contribution < -0.4 is 14.8 Å². The van der Waals surface area contributed by atoms with E-state index in [2.05, 4.69) is 14.9 Å². The van der Waals surface area contributed by atoms with E-state index in [4.69, 9.17) is 9.47 Å². The van der Waals surface area contributed by atoms with Crippen LogP contribution in [0, 0.1) is 6.92 Å². The predicted octanol–water partition coefficient (Wildman–Crippen LogP) is 3.19. The standard InChI is InChI=1S/C21H23N3O3/c1-15-23-18-6-4-5-7-19(18)24(15)13-12-22-21(25)11-9-16-8-10-17(26-2)14-20(16)27-3/h4-11,14H,12-13H2,1-3H3,(H,22,25)/b11-9+. The molecular formula is C21H23N3O3. The summed E-state index contributed by atoms with van der Waals surface area (Å²) in [6.07, 6.45) is 3.23. The van der Waals surface area contributed by atoms with Crippen LogP contribution in [0.3, 0.4) is 0 Å². The molecule has 0 saturated carbocycles. The SMILES string of the molecule is COc1ccc(/C=C/C(=O)NCCn2c(C)nc3ccccc32)c(OC)c1. The Labute approximate surface area is 158 Å². The van der Waals surface area contributed by atoms with Gasteiger partial charge in [0.25, 0.3) is 0 Å². The molecule has 1 heterocycles. The van der Waals surface area contributed by atoms with Crippen molar-refractivity contribution in [3.63, 3.8) is 0 Å². The number of nitrogens with zero attached hydrogens (tertiary/aromatic N) is 2. The highest BCUT2D eigenvalue weighted by Gasteiger charge is 2.07. The third-order valence-electron chi connectivity index (χ3n) is 4.33. The molecule has 6 nitrogen and oxygen atoms in total. The lowest BCUT2D eigenvalue weighted by Gasteiger charge is -2.08. The number of benzene rings is 2. The molecule has 27 heavy (non-hydrogen) atoms. The Morgan fingerprint density at radius 1 is 1.19 bits per heavy atom. The van der Waals surface area contributed by atoms with E-state index in [0.29, 0.717) is 24.6 Å². The second-order valence-electron chi connectivity index (χ2n) is 6.03. The minimum absolute atomic E-state index is 0.157. The molecule has 0 aliphatic rings. The summed E-state index contributed by atoms with van der Waals surface area (Å²) in [7, 11) is 3.19. The van der Waals surface area contributed by atoms with E-state index < -0.39 is 0 Å². The van der Waals surface area contributed by atoms with Gasteiger partial charge in [0, 0.05) is 30.8 Å². The van der Waals surface area contributed by atoms with Crippen molar-refractivity contribution in [3.05, 3.63) is 59.9 Å². The van der Waals surface area contributed by atoms with Gasteiger partial charge in [-0.25, -0.2) is 4.98 Å². The molecule has 0 saturated heterocycles. The highest BCUT2D eigenvalue weighted by Crippen LogP contribution is 2.25. The molecule has 1 amide bonds. The number of para-hydroxylation sites is 2. The van der Waals surface area contributed by atoms with Gasteiger partial charge in [0.05, 0.1) is 25.3 Å². The number of ether oxygens (including phenoxy) is 2. The highest BCUT2D eigenvalue weighted by molar-refractivity contribution is 5.92. The Balaban J connectivity index is 1.60. The summed E-state index contributed by atoms with van der Waals surface area (Å²) in [6, 6.07) is 13.4. The Morgan fingerprint density at radius 3 is 2.78 bits per heavy atom. The number of aryl methyl sites for hydroxylation is 1. The summed E-state index contributed by atoms with van der Waals surface area (Å²) in [5.41, 5.74) is 2.85. The van der Waals surface area contributed by atoms with Crippen LogP contribution in [-0.2, 0) is 11.3 Å². The van der Waals surface area contributed by atoms with Crippen molar-refractivity contribution in [2.24, 2.45) is 0 Å². The average Bonchev–Trinajstić information content (AvgIpc) is 3.01. The molecule has 0 aliphatic carbocycles. The van der Waals surface area contributed by atoms with Gasteiger partial charge in [0.1, 0.15) is 17.3 Å². The summed E-state index contributed by atoms with van der Waals surface area (Å²) < 4.78 is 12.6. The molecule has 0 atom stereocenters. The van der Waals surface area contributed by atoms with E-state index in [1.807, 2.05) is 43.3 Å². The normalized spacial score (nSPS) is 11.1. The molecule has 140 valence electrons. The predicted molar refractivity (Wildman–Crippen MR) is 106 cm³/mol. The van der Waals surface area contributed by atoms with Crippen LogP contribution in [0.2, 0.25) is 0 Å². The number of carbonyl (C=O) groups excluding carboxylic acids is 1. The molecule has 0 radical (unpaired) electrons. The highest BCUT2D eigenvalue weighted by atomic mass is 16.5. The molecular weight excluding hydrogens is 342 g/mol. The van der Waals surface area contributed by atoms with Crippen molar-refractivity contribution in [2.75, 3.05) is 20.8 Å². The molecule has 1 aromatic heterocycles. The first-order valence-electron chi connectivity index (χ1n) is 8.72. The van der Waals surface area contributed by atoms with Gasteiger partial charge in [-0.1, -0.05) is 12.1 Å². The van der Waals surface area contributed by atoms with Gasteiger partial charge < -0.3 is 19.4 Å². The van der Waals surface area contributed by atoms with Crippen molar-refractivity contribution in [2.45, 2.75) is 13.5 Å². The van der Waals surface area contributed by atoms with Crippen molar-refractivity contribution >= 4 is 23.0 Å². The number of fused-ring (bicyclic) bond motifs is 1. The fraction of sp³-hybridized carbons (Fsp3) is 0.238. The maximum absolute atomic E-state index is 12.1. The number of methoxy groups -OCH3 is 2. The lowest BCUT2D eigenvalue weighted by Crippen LogP contribution is -2.25. The number of aromatic nitrogens is 2. The van der Waals surface area contributed by atoms with Gasteiger partial charge in [0.2, 0.25) is 5.91 Å². The van der Waals surface area contributed by atoms with Crippen LogP contribution in [0.5, 0.6) is 11.5 Å². The Kier molecular flexibility index (Phi) is 5.76. The maximum atomic E-state index is 12.1. The third-order valence-corrected chi connectivity index (χ3v) is 4.33. The molecule has 3 rings (SSSR count). The molecule has 0 spiro atoms. The maximum Gasteiger partial charge on any atom is 0.244 e. The fourth-order valence-corrected chi connectivity index (χ4v) is 2.95. The van der Waals surface area contributed by atoms with Gasteiger partial charge in [-0.05, 0) is 37.3 Å². The van der Waals surface area contributed by atoms with Gasteiger partial charge in [0.15, 0.2) is 0 Å². The lowest BCUT2D eigenvalue weighted by atomic mass is 10.1. The van der Waals surface area contributed by atoms with Crippen molar-refractivity contribution < 1.29 is 14.3 Å². The van der Waals surface area contributed by atoms with E-state index in [1.54, 1.807) is 26.4 Å². The molecule has 0 unspecified atom stereocenters. The zero-order chi connectivity index (χ0) is 19.2. The van der Waals surface area contributed by atoms with Gasteiger partial charge in [-0.15, -0.1) is 0 Å². The Bertz CT molecular complexity index is 976. The first-order chi connectivity index (χ1) is 13.1. The molecule has 6 heteroatoms. The summed E-state index contributed by atoms with van der Waals surface area (Å²) in [4.78, 5) is 16.7. The molecule has 3 aromatic rings. The van der Waals surface area contributed by atoms with E-state index in [-0.39, 0.29) is 5.91 Å². The summed E-state index contributed by atoms with van der Waals surface area (Å²) in [5.74, 6) is 2.13. The molecule has 0 bridgehead atoms. The number of hydrogen-bond donors (Lipinski definition) is 1. The minimum Gasteiger partial charge on any atom is -0.497 e. The minimum atomic E-state index is -0.157. The summed E-state index contributed by atoms with van der Waals surface area (Å²) in [5, 5.41) is 2.90. The zero-order valence-electron chi connectivity index (χ0n) is 15.7. The van der Waals surface area contributed by atoms with Crippen LogP contribution in [-0.4, -0.2) is 36.2 Å². The van der Waals surface area contributed by atoms with Crippen molar-refractivity contribution in [1.82, 2.24) is 14.9 Å². The van der Waals surface area contributed by atoms with Crippen molar-refractivity contribution in [3.8, 4) is 11.5 Å². The summed E-state index contributed by atoms with van der Waals surface area (Å²) in [6.45, 7) is 3.15. The monoisotopic (exact) mass is 365 g/mol. The third kappa shape index (κ3) is 4.28. The fourth-order valence-electron chi connectivity index (χ4n) is 2.95. The number of nitrogens with one attached hydrogen (secondary N) is 1. The molecule has 0 fully saturated rings. The van der Waals surface area contributed by atoms with Crippen LogP contribution in [0.1, 0.15) is 11.4 Å². The topological polar surface area (TPSA) is 65.4 Å². The number of imidazole rings is 1. The molecule has 0 aliphatic heterocycles. The molecule has 1 N–H and O–H groups in total. The van der Waals surface area contributed by atoms with E-state index in [1.165, 1.54) is 6.08 Å². The number of amides is 1.